The third kappa shape index (κ3) is 4.17. The number of piperidine rings is 1. The molecule has 3 rings (SSSR count). The third-order valence-electron chi connectivity index (χ3n) is 4.54. The lowest BCUT2D eigenvalue weighted by molar-refractivity contribution is -0.0271. The summed E-state index contributed by atoms with van der Waals surface area (Å²) in [4.78, 5) is 14.2. The molecule has 0 radical (unpaired) electrons. The summed E-state index contributed by atoms with van der Waals surface area (Å²) in [5.41, 5.74) is 0.0987. The van der Waals surface area contributed by atoms with E-state index in [0.717, 1.165) is 6.42 Å². The zero-order valence-electron chi connectivity index (χ0n) is 14.2. The predicted molar refractivity (Wildman–Crippen MR) is 89.7 cm³/mol. The number of ether oxygens (including phenoxy) is 1. The summed E-state index contributed by atoms with van der Waals surface area (Å²) >= 11 is 0. The number of β-amino-alcohol motifs (C(OH)–C–C–N with tert-alkyl or cyclic N) is 1. The number of nitrogens with one attached hydrogen (secondary N) is 1. The van der Waals surface area contributed by atoms with Gasteiger partial charge >= 0.3 is 0 Å². The van der Waals surface area contributed by atoms with Crippen LogP contribution in [0, 0.1) is 5.82 Å². The molecular formula is C18H22FN3O3. The predicted octanol–water partition coefficient (Wildman–Crippen LogP) is 2.50. The quantitative estimate of drug-likeness (QED) is 0.871. The van der Waals surface area contributed by atoms with Crippen molar-refractivity contribution in [2.24, 2.45) is 0 Å². The Balaban J connectivity index is 1.61. The molecule has 1 amide bonds. The summed E-state index contributed by atoms with van der Waals surface area (Å²) in [5, 5.41) is 17.2. The van der Waals surface area contributed by atoms with Crippen LogP contribution in [0.5, 0.6) is 5.75 Å². The highest BCUT2D eigenvalue weighted by atomic mass is 19.1. The topological polar surface area (TPSA) is 78.5 Å². The summed E-state index contributed by atoms with van der Waals surface area (Å²) < 4.78 is 18.6. The van der Waals surface area contributed by atoms with Crippen LogP contribution in [0.15, 0.2) is 30.3 Å². The van der Waals surface area contributed by atoms with Crippen LogP contribution >= 0.6 is 0 Å². The van der Waals surface area contributed by atoms with Crippen LogP contribution in [-0.4, -0.2) is 44.8 Å². The Labute approximate surface area is 145 Å². The maximum atomic E-state index is 13.1. The normalized spacial score (nSPS) is 20.5. The average molecular weight is 347 g/mol. The van der Waals surface area contributed by atoms with Crippen molar-refractivity contribution in [1.82, 2.24) is 15.1 Å². The van der Waals surface area contributed by atoms with E-state index < -0.39 is 5.60 Å². The van der Waals surface area contributed by atoms with Crippen LogP contribution in [0.25, 0.3) is 0 Å². The Kier molecular flexibility index (Phi) is 5.03. The summed E-state index contributed by atoms with van der Waals surface area (Å²) in [6.07, 6.45) is 2.10. The van der Waals surface area contributed by atoms with Crippen molar-refractivity contribution < 1.29 is 19.0 Å². The van der Waals surface area contributed by atoms with Crippen molar-refractivity contribution in [2.45, 2.75) is 38.4 Å². The number of hydrogen-bond donors (Lipinski definition) is 2. The maximum Gasteiger partial charge on any atom is 0.274 e. The molecule has 2 N–H and O–H groups in total. The molecule has 0 saturated carbocycles. The van der Waals surface area contributed by atoms with E-state index in [4.69, 9.17) is 4.74 Å². The lowest BCUT2D eigenvalue weighted by Gasteiger charge is -2.38. The van der Waals surface area contributed by atoms with Gasteiger partial charge in [-0.25, -0.2) is 4.39 Å². The summed E-state index contributed by atoms with van der Waals surface area (Å²) in [7, 11) is 0. The Morgan fingerprint density at radius 3 is 3.08 bits per heavy atom. The fourth-order valence-electron chi connectivity index (χ4n) is 3.00. The summed E-state index contributed by atoms with van der Waals surface area (Å²) in [6.45, 7) is 3.01. The maximum absolute atomic E-state index is 13.1. The van der Waals surface area contributed by atoms with Gasteiger partial charge in [0, 0.05) is 19.2 Å². The molecule has 7 heteroatoms. The van der Waals surface area contributed by atoms with E-state index in [9.17, 15) is 14.3 Å². The minimum absolute atomic E-state index is 0.155. The number of nitrogens with zero attached hydrogens (tertiary/aromatic N) is 2. The number of carbonyl (C=O) groups is 1. The fraction of sp³-hybridized carbons (Fsp3) is 0.444. The number of H-pyrrole nitrogens is 1. The minimum atomic E-state index is -0.812. The molecule has 0 bridgehead atoms. The monoisotopic (exact) mass is 347 g/mol. The molecule has 1 fully saturated rings. The number of rotatable bonds is 5. The number of halogens is 1. The zero-order chi connectivity index (χ0) is 17.9. The van der Waals surface area contributed by atoms with Crippen molar-refractivity contribution in [3.8, 4) is 5.75 Å². The van der Waals surface area contributed by atoms with Crippen molar-refractivity contribution in [1.29, 1.82) is 0 Å². The molecule has 25 heavy (non-hydrogen) atoms. The first-order valence-corrected chi connectivity index (χ1v) is 8.43. The Morgan fingerprint density at radius 2 is 2.32 bits per heavy atom. The first-order chi connectivity index (χ1) is 12.0. The summed E-state index contributed by atoms with van der Waals surface area (Å²) in [5.74, 6) is -0.169. The first kappa shape index (κ1) is 17.4. The molecule has 134 valence electrons. The van der Waals surface area contributed by atoms with Crippen LogP contribution in [-0.2, 0) is 6.61 Å². The van der Waals surface area contributed by atoms with Crippen LogP contribution in [0.4, 0.5) is 4.39 Å². The van der Waals surface area contributed by atoms with Crippen molar-refractivity contribution in [3.05, 3.63) is 47.5 Å². The van der Waals surface area contributed by atoms with Crippen molar-refractivity contribution in [3.63, 3.8) is 0 Å². The largest absolute Gasteiger partial charge is 0.487 e. The number of carbonyl (C=O) groups excluding carboxylic acids is 1. The number of aliphatic hydroxyl groups is 1. The Bertz CT molecular complexity index is 749. The molecule has 1 saturated heterocycles. The van der Waals surface area contributed by atoms with Gasteiger partial charge in [-0.3, -0.25) is 9.89 Å². The van der Waals surface area contributed by atoms with Gasteiger partial charge in [-0.05, 0) is 37.5 Å². The van der Waals surface area contributed by atoms with Crippen molar-refractivity contribution in [2.75, 3.05) is 13.1 Å². The number of benzene rings is 1. The number of hydrogen-bond acceptors (Lipinski definition) is 4. The number of aromatic nitrogens is 2. The molecule has 1 aromatic heterocycles. The van der Waals surface area contributed by atoms with E-state index in [0.29, 0.717) is 37.4 Å². The number of aromatic amines is 1. The van der Waals surface area contributed by atoms with Gasteiger partial charge in [0.15, 0.2) is 5.69 Å². The molecule has 0 unspecified atom stereocenters. The molecule has 1 aliphatic rings. The zero-order valence-corrected chi connectivity index (χ0v) is 14.2. The Hall–Kier alpha value is -2.41. The number of likely N-dealkylation sites (tertiary alicyclic amines) is 1. The molecule has 6 nitrogen and oxygen atoms in total. The van der Waals surface area contributed by atoms with Gasteiger partial charge in [0.2, 0.25) is 0 Å². The van der Waals surface area contributed by atoms with Crippen LogP contribution < -0.4 is 4.74 Å². The molecule has 1 atom stereocenters. The SMILES string of the molecule is CC[C@]1(O)CCCN(C(=O)c2cc(COc3cccc(F)c3)[nH]n2)C1. The van der Waals surface area contributed by atoms with Gasteiger partial charge < -0.3 is 14.7 Å². The van der Waals surface area contributed by atoms with Crippen LogP contribution in [0.2, 0.25) is 0 Å². The fourth-order valence-corrected chi connectivity index (χ4v) is 3.00. The molecule has 1 aromatic carbocycles. The van der Waals surface area contributed by atoms with Gasteiger partial charge in [-0.2, -0.15) is 5.10 Å². The average Bonchev–Trinajstić information content (AvgIpc) is 3.08. The smallest absolute Gasteiger partial charge is 0.274 e. The molecule has 2 aromatic rings. The van der Waals surface area contributed by atoms with Crippen LogP contribution in [0.1, 0.15) is 42.4 Å². The van der Waals surface area contributed by atoms with Gasteiger partial charge in [0.25, 0.3) is 5.91 Å². The molecule has 0 spiro atoms. The number of amides is 1. The van der Waals surface area contributed by atoms with Gasteiger partial charge in [0.05, 0.1) is 11.3 Å². The van der Waals surface area contributed by atoms with E-state index in [1.807, 2.05) is 6.92 Å². The first-order valence-electron chi connectivity index (χ1n) is 8.43. The van der Waals surface area contributed by atoms with Gasteiger partial charge in [-0.1, -0.05) is 13.0 Å². The van der Waals surface area contributed by atoms with Crippen LogP contribution in [0.3, 0.4) is 0 Å². The lowest BCUT2D eigenvalue weighted by atomic mass is 9.90. The molecule has 0 aliphatic carbocycles. The molecule has 2 heterocycles. The highest BCUT2D eigenvalue weighted by Gasteiger charge is 2.34. The van der Waals surface area contributed by atoms with Gasteiger partial charge in [0.1, 0.15) is 18.2 Å². The van der Waals surface area contributed by atoms with E-state index in [1.165, 1.54) is 12.1 Å². The summed E-state index contributed by atoms with van der Waals surface area (Å²) in [6, 6.07) is 7.49. The van der Waals surface area contributed by atoms with Crippen molar-refractivity contribution >= 4 is 5.91 Å². The highest BCUT2D eigenvalue weighted by Crippen LogP contribution is 2.25. The minimum Gasteiger partial charge on any atom is -0.487 e. The standard InChI is InChI=1S/C18H22FN3O3/c1-2-18(24)7-4-8-22(12-18)17(23)16-10-14(20-21-16)11-25-15-6-3-5-13(19)9-15/h3,5-6,9-10,24H,2,4,7-8,11-12H2,1H3,(H,20,21)/t18-/m0/s1. The molecule has 1 aliphatic heterocycles. The second-order valence-corrected chi connectivity index (χ2v) is 6.43. The highest BCUT2D eigenvalue weighted by molar-refractivity contribution is 5.92. The van der Waals surface area contributed by atoms with E-state index in [-0.39, 0.29) is 24.0 Å². The second kappa shape index (κ2) is 7.23. The Morgan fingerprint density at radius 1 is 1.48 bits per heavy atom. The van der Waals surface area contributed by atoms with Gasteiger partial charge in [-0.15, -0.1) is 0 Å². The van der Waals surface area contributed by atoms with E-state index >= 15 is 0 Å². The van der Waals surface area contributed by atoms with E-state index in [2.05, 4.69) is 10.2 Å². The third-order valence-corrected chi connectivity index (χ3v) is 4.54. The molecular weight excluding hydrogens is 325 g/mol. The van der Waals surface area contributed by atoms with E-state index in [1.54, 1.807) is 23.1 Å². The second-order valence-electron chi connectivity index (χ2n) is 6.43. The lowest BCUT2D eigenvalue weighted by Crippen LogP contribution is -2.50.